The van der Waals surface area contributed by atoms with Gasteiger partial charge >= 0.3 is 0 Å². The van der Waals surface area contributed by atoms with Crippen LogP contribution in [0.5, 0.6) is 0 Å². The fourth-order valence-electron chi connectivity index (χ4n) is 3.47. The number of aliphatic hydroxyl groups is 1. The molecule has 1 fully saturated rings. The van der Waals surface area contributed by atoms with E-state index < -0.39 is 0 Å². The van der Waals surface area contributed by atoms with Gasteiger partial charge < -0.3 is 5.11 Å². The molecule has 1 heteroatoms. The zero-order valence-corrected chi connectivity index (χ0v) is 11.6. The van der Waals surface area contributed by atoms with Crippen molar-refractivity contribution in [1.29, 1.82) is 0 Å². The predicted octanol–water partition coefficient (Wildman–Crippen LogP) is 4.39. The lowest BCUT2D eigenvalue weighted by Gasteiger charge is -2.41. The summed E-state index contributed by atoms with van der Waals surface area (Å²) in [7, 11) is 0. The SMILES string of the molecule is CC(C)CC(O)(CC(C)C)C1CCCCC1. The van der Waals surface area contributed by atoms with Gasteiger partial charge in [-0.25, -0.2) is 0 Å². The van der Waals surface area contributed by atoms with E-state index in [0.717, 1.165) is 12.8 Å². The maximum Gasteiger partial charge on any atom is 0.0680 e. The highest BCUT2D eigenvalue weighted by Gasteiger charge is 2.37. The first kappa shape index (κ1) is 14.0. The van der Waals surface area contributed by atoms with Crippen LogP contribution in [0.15, 0.2) is 0 Å². The van der Waals surface area contributed by atoms with E-state index in [-0.39, 0.29) is 5.60 Å². The first-order valence-corrected chi connectivity index (χ1v) is 7.16. The van der Waals surface area contributed by atoms with Crippen molar-refractivity contribution in [3.63, 3.8) is 0 Å². The van der Waals surface area contributed by atoms with Gasteiger partial charge in [0.1, 0.15) is 0 Å². The standard InChI is InChI=1S/C15H30O/c1-12(2)10-15(16,11-13(3)4)14-8-6-5-7-9-14/h12-14,16H,5-11H2,1-4H3. The molecule has 0 aliphatic heterocycles. The summed E-state index contributed by atoms with van der Waals surface area (Å²) in [6.45, 7) is 8.92. The van der Waals surface area contributed by atoms with Crippen molar-refractivity contribution in [2.24, 2.45) is 17.8 Å². The third-order valence-electron chi connectivity index (χ3n) is 3.89. The second-order valence-corrected chi connectivity index (χ2v) is 6.63. The highest BCUT2D eigenvalue weighted by atomic mass is 16.3. The second kappa shape index (κ2) is 6.05. The lowest BCUT2D eigenvalue weighted by molar-refractivity contribution is -0.0640. The van der Waals surface area contributed by atoms with Crippen LogP contribution >= 0.6 is 0 Å². The molecule has 0 aromatic heterocycles. The van der Waals surface area contributed by atoms with Crippen molar-refractivity contribution in [2.45, 2.75) is 78.2 Å². The first-order chi connectivity index (χ1) is 7.44. The Morgan fingerprint density at radius 2 is 1.38 bits per heavy atom. The summed E-state index contributed by atoms with van der Waals surface area (Å²) in [5.74, 6) is 1.77. The summed E-state index contributed by atoms with van der Waals surface area (Å²) in [5, 5.41) is 11.0. The van der Waals surface area contributed by atoms with Gasteiger partial charge in [-0.05, 0) is 43.4 Å². The Hall–Kier alpha value is -0.0400. The van der Waals surface area contributed by atoms with Crippen molar-refractivity contribution in [3.05, 3.63) is 0 Å². The van der Waals surface area contributed by atoms with Gasteiger partial charge in [0.2, 0.25) is 0 Å². The van der Waals surface area contributed by atoms with Gasteiger partial charge in [0, 0.05) is 0 Å². The van der Waals surface area contributed by atoms with Crippen LogP contribution in [-0.2, 0) is 0 Å². The molecule has 0 spiro atoms. The van der Waals surface area contributed by atoms with Crippen molar-refractivity contribution >= 4 is 0 Å². The molecule has 0 aromatic carbocycles. The molecule has 1 aliphatic carbocycles. The maximum absolute atomic E-state index is 11.0. The van der Waals surface area contributed by atoms with E-state index in [0.29, 0.717) is 17.8 Å². The molecule has 1 rings (SSSR count). The van der Waals surface area contributed by atoms with Crippen molar-refractivity contribution < 1.29 is 5.11 Å². The molecule has 0 heterocycles. The zero-order chi connectivity index (χ0) is 12.2. The summed E-state index contributed by atoms with van der Waals surface area (Å²) in [6, 6.07) is 0. The first-order valence-electron chi connectivity index (χ1n) is 7.16. The van der Waals surface area contributed by atoms with Crippen LogP contribution in [-0.4, -0.2) is 10.7 Å². The van der Waals surface area contributed by atoms with Gasteiger partial charge in [0.15, 0.2) is 0 Å². The van der Waals surface area contributed by atoms with Crippen LogP contribution < -0.4 is 0 Å². The molecule has 0 aromatic rings. The summed E-state index contributed by atoms with van der Waals surface area (Å²) >= 11 is 0. The summed E-state index contributed by atoms with van der Waals surface area (Å²) < 4.78 is 0. The molecule has 0 amide bonds. The summed E-state index contributed by atoms with van der Waals surface area (Å²) in [6.07, 6.45) is 8.47. The molecule has 0 saturated heterocycles. The van der Waals surface area contributed by atoms with Crippen LogP contribution in [0.3, 0.4) is 0 Å². The fourth-order valence-corrected chi connectivity index (χ4v) is 3.47. The van der Waals surface area contributed by atoms with E-state index in [9.17, 15) is 5.11 Å². The molecule has 0 atom stereocenters. The third-order valence-corrected chi connectivity index (χ3v) is 3.89. The minimum atomic E-state index is -0.386. The van der Waals surface area contributed by atoms with E-state index in [1.54, 1.807) is 0 Å². The van der Waals surface area contributed by atoms with Crippen LogP contribution in [0.25, 0.3) is 0 Å². The molecule has 96 valence electrons. The maximum atomic E-state index is 11.0. The van der Waals surface area contributed by atoms with Crippen LogP contribution in [0, 0.1) is 17.8 Å². The van der Waals surface area contributed by atoms with Gasteiger partial charge in [0.25, 0.3) is 0 Å². The minimum Gasteiger partial charge on any atom is -0.390 e. The quantitative estimate of drug-likeness (QED) is 0.737. The highest BCUT2D eigenvalue weighted by Crippen LogP contribution is 2.40. The summed E-state index contributed by atoms with van der Waals surface area (Å²) in [4.78, 5) is 0. The molecule has 1 N–H and O–H groups in total. The lowest BCUT2D eigenvalue weighted by atomic mass is 9.70. The van der Waals surface area contributed by atoms with Gasteiger partial charge in [0.05, 0.1) is 5.60 Å². The Morgan fingerprint density at radius 3 is 1.75 bits per heavy atom. The Kier molecular flexibility index (Phi) is 5.30. The number of hydrogen-bond acceptors (Lipinski definition) is 1. The van der Waals surface area contributed by atoms with Gasteiger partial charge in [-0.3, -0.25) is 0 Å². The molecule has 0 bridgehead atoms. The topological polar surface area (TPSA) is 20.2 Å². The van der Waals surface area contributed by atoms with E-state index in [2.05, 4.69) is 27.7 Å². The normalized spacial score (nSPS) is 19.7. The molecule has 1 nitrogen and oxygen atoms in total. The Bertz CT molecular complexity index is 180. The summed E-state index contributed by atoms with van der Waals surface area (Å²) in [5.41, 5.74) is -0.386. The monoisotopic (exact) mass is 226 g/mol. The van der Waals surface area contributed by atoms with E-state index in [1.165, 1.54) is 32.1 Å². The minimum absolute atomic E-state index is 0.386. The van der Waals surface area contributed by atoms with Gasteiger partial charge in [-0.1, -0.05) is 47.0 Å². The molecule has 0 unspecified atom stereocenters. The Balaban J connectivity index is 2.67. The molecule has 16 heavy (non-hydrogen) atoms. The van der Waals surface area contributed by atoms with Gasteiger partial charge in [-0.2, -0.15) is 0 Å². The Morgan fingerprint density at radius 1 is 0.938 bits per heavy atom. The fraction of sp³-hybridized carbons (Fsp3) is 1.00. The van der Waals surface area contributed by atoms with Gasteiger partial charge in [-0.15, -0.1) is 0 Å². The van der Waals surface area contributed by atoms with Crippen LogP contribution in [0.1, 0.15) is 72.6 Å². The van der Waals surface area contributed by atoms with E-state index in [1.807, 2.05) is 0 Å². The molecule has 1 aliphatic rings. The molecular formula is C15H30O. The third kappa shape index (κ3) is 4.08. The number of rotatable bonds is 5. The smallest absolute Gasteiger partial charge is 0.0680 e. The van der Waals surface area contributed by atoms with E-state index in [4.69, 9.17) is 0 Å². The van der Waals surface area contributed by atoms with Crippen molar-refractivity contribution in [2.75, 3.05) is 0 Å². The number of hydrogen-bond donors (Lipinski definition) is 1. The van der Waals surface area contributed by atoms with Crippen molar-refractivity contribution in [1.82, 2.24) is 0 Å². The molecular weight excluding hydrogens is 196 g/mol. The largest absolute Gasteiger partial charge is 0.390 e. The van der Waals surface area contributed by atoms with Crippen molar-refractivity contribution in [3.8, 4) is 0 Å². The predicted molar refractivity (Wildman–Crippen MR) is 70.4 cm³/mol. The lowest BCUT2D eigenvalue weighted by Crippen LogP contribution is -2.41. The zero-order valence-electron chi connectivity index (χ0n) is 11.6. The highest BCUT2D eigenvalue weighted by molar-refractivity contribution is 4.89. The average molecular weight is 226 g/mol. The van der Waals surface area contributed by atoms with Crippen LogP contribution in [0.2, 0.25) is 0 Å². The molecule has 0 radical (unpaired) electrons. The second-order valence-electron chi connectivity index (χ2n) is 6.63. The van der Waals surface area contributed by atoms with E-state index >= 15 is 0 Å². The molecule has 1 saturated carbocycles. The average Bonchev–Trinajstić information content (AvgIpc) is 2.16. The van der Waals surface area contributed by atoms with Crippen LogP contribution in [0.4, 0.5) is 0 Å². The Labute approximate surface area is 102 Å².